The normalized spacial score (nSPS) is 37.2. The van der Waals surface area contributed by atoms with Gasteiger partial charge < -0.3 is 0 Å². The Bertz CT molecular complexity index is 126. The van der Waals surface area contributed by atoms with Crippen molar-refractivity contribution in [2.24, 2.45) is 23.7 Å². The summed E-state index contributed by atoms with van der Waals surface area (Å²) in [7, 11) is 0. The van der Waals surface area contributed by atoms with Crippen LogP contribution in [0.5, 0.6) is 0 Å². The van der Waals surface area contributed by atoms with E-state index in [1.807, 2.05) is 0 Å². The molecule has 0 spiro atoms. The molecule has 0 radical (unpaired) electrons. The molecule has 0 aliphatic heterocycles. The Morgan fingerprint density at radius 2 is 1.92 bits per heavy atom. The fourth-order valence-corrected chi connectivity index (χ4v) is 2.87. The summed E-state index contributed by atoms with van der Waals surface area (Å²) in [5.74, 6) is 3.94. The highest BCUT2D eigenvalue weighted by Crippen LogP contribution is 2.39. The molecule has 0 unspecified atom stereocenters. The Hall–Kier alpha value is 0. The summed E-state index contributed by atoms with van der Waals surface area (Å²) < 4.78 is 0. The number of hydrogen-bond acceptors (Lipinski definition) is 0. The standard InChI is InChI=1S/C12H24/c1-5-11-8-10(4)6-7-12(11)9(2)3/h9-12H,5-8H2,1-4H3/t10-,11-,12+/m0/s1. The van der Waals surface area contributed by atoms with Gasteiger partial charge in [-0.05, 0) is 36.5 Å². The topological polar surface area (TPSA) is 0 Å². The Morgan fingerprint density at radius 1 is 1.25 bits per heavy atom. The highest BCUT2D eigenvalue weighted by Gasteiger charge is 2.28. The molecule has 0 heteroatoms. The molecule has 0 aromatic heterocycles. The molecule has 0 nitrogen and oxygen atoms in total. The Balaban J connectivity index is 2.50. The van der Waals surface area contributed by atoms with Crippen molar-refractivity contribution in [1.82, 2.24) is 0 Å². The van der Waals surface area contributed by atoms with Crippen molar-refractivity contribution >= 4 is 0 Å². The predicted octanol–water partition coefficient (Wildman–Crippen LogP) is 4.10. The predicted molar refractivity (Wildman–Crippen MR) is 55.1 cm³/mol. The zero-order valence-corrected chi connectivity index (χ0v) is 9.14. The maximum Gasteiger partial charge on any atom is -0.0363 e. The van der Waals surface area contributed by atoms with Gasteiger partial charge in [0, 0.05) is 0 Å². The van der Waals surface area contributed by atoms with Crippen molar-refractivity contribution in [3.8, 4) is 0 Å². The van der Waals surface area contributed by atoms with Crippen LogP contribution in [0.2, 0.25) is 0 Å². The van der Waals surface area contributed by atoms with Crippen molar-refractivity contribution in [2.75, 3.05) is 0 Å². The van der Waals surface area contributed by atoms with Gasteiger partial charge in [0.2, 0.25) is 0 Å². The second-order valence-corrected chi connectivity index (χ2v) is 4.99. The molecule has 1 aliphatic rings. The van der Waals surface area contributed by atoms with Gasteiger partial charge in [0.15, 0.2) is 0 Å². The van der Waals surface area contributed by atoms with Crippen molar-refractivity contribution in [1.29, 1.82) is 0 Å². The lowest BCUT2D eigenvalue weighted by Gasteiger charge is -2.36. The minimum atomic E-state index is 0.905. The lowest BCUT2D eigenvalue weighted by molar-refractivity contribution is 0.140. The zero-order chi connectivity index (χ0) is 9.14. The maximum atomic E-state index is 2.42. The minimum Gasteiger partial charge on any atom is -0.0651 e. The molecule has 1 rings (SSSR count). The Morgan fingerprint density at radius 3 is 2.42 bits per heavy atom. The third kappa shape index (κ3) is 2.24. The van der Waals surface area contributed by atoms with Gasteiger partial charge in [-0.15, -0.1) is 0 Å². The first-order chi connectivity index (χ1) is 5.65. The molecular formula is C12H24. The van der Waals surface area contributed by atoms with Crippen molar-refractivity contribution in [3.05, 3.63) is 0 Å². The number of hydrogen-bond donors (Lipinski definition) is 0. The molecule has 72 valence electrons. The minimum absolute atomic E-state index is 0.905. The lowest BCUT2D eigenvalue weighted by Crippen LogP contribution is -2.26. The van der Waals surface area contributed by atoms with Gasteiger partial charge >= 0.3 is 0 Å². The van der Waals surface area contributed by atoms with Crippen molar-refractivity contribution in [2.45, 2.75) is 53.4 Å². The van der Waals surface area contributed by atoms with E-state index in [0.29, 0.717) is 0 Å². The third-order valence-corrected chi connectivity index (χ3v) is 3.68. The van der Waals surface area contributed by atoms with Gasteiger partial charge in [-0.2, -0.15) is 0 Å². The lowest BCUT2D eigenvalue weighted by atomic mass is 9.69. The van der Waals surface area contributed by atoms with E-state index in [1.54, 1.807) is 0 Å². The van der Waals surface area contributed by atoms with E-state index >= 15 is 0 Å². The molecule has 0 saturated heterocycles. The summed E-state index contributed by atoms with van der Waals surface area (Å²) >= 11 is 0. The molecule has 0 heterocycles. The van der Waals surface area contributed by atoms with Crippen LogP contribution < -0.4 is 0 Å². The second kappa shape index (κ2) is 4.30. The van der Waals surface area contributed by atoms with Crippen LogP contribution in [-0.4, -0.2) is 0 Å². The first-order valence-corrected chi connectivity index (χ1v) is 5.65. The molecule has 1 fully saturated rings. The molecule has 0 aromatic carbocycles. The summed E-state index contributed by atoms with van der Waals surface area (Å²) in [4.78, 5) is 0. The molecule has 0 N–H and O–H groups in total. The van der Waals surface area contributed by atoms with E-state index in [1.165, 1.54) is 25.7 Å². The summed E-state index contributed by atoms with van der Waals surface area (Å²) in [6.45, 7) is 9.56. The van der Waals surface area contributed by atoms with Crippen molar-refractivity contribution in [3.63, 3.8) is 0 Å². The van der Waals surface area contributed by atoms with Crippen LogP contribution in [-0.2, 0) is 0 Å². The van der Waals surface area contributed by atoms with Crippen LogP contribution in [0.3, 0.4) is 0 Å². The summed E-state index contributed by atoms with van der Waals surface area (Å²) in [5.41, 5.74) is 0. The van der Waals surface area contributed by atoms with Crippen LogP contribution in [0.15, 0.2) is 0 Å². The van der Waals surface area contributed by atoms with E-state index in [9.17, 15) is 0 Å². The van der Waals surface area contributed by atoms with Gasteiger partial charge in [-0.1, -0.05) is 40.5 Å². The van der Waals surface area contributed by atoms with Gasteiger partial charge in [0.05, 0.1) is 0 Å². The molecule has 0 amide bonds. The van der Waals surface area contributed by atoms with Crippen LogP contribution in [0.4, 0.5) is 0 Å². The zero-order valence-electron chi connectivity index (χ0n) is 9.14. The van der Waals surface area contributed by atoms with E-state index in [0.717, 1.165) is 23.7 Å². The second-order valence-electron chi connectivity index (χ2n) is 4.99. The third-order valence-electron chi connectivity index (χ3n) is 3.68. The van der Waals surface area contributed by atoms with Gasteiger partial charge in [-0.3, -0.25) is 0 Å². The smallest absolute Gasteiger partial charge is 0.0363 e. The summed E-state index contributed by atoms with van der Waals surface area (Å²) in [5, 5.41) is 0. The average molecular weight is 168 g/mol. The maximum absolute atomic E-state index is 2.42. The summed E-state index contributed by atoms with van der Waals surface area (Å²) in [6.07, 6.45) is 5.84. The molecule has 0 aromatic rings. The molecule has 1 aliphatic carbocycles. The fraction of sp³-hybridized carbons (Fsp3) is 1.00. The monoisotopic (exact) mass is 168 g/mol. The van der Waals surface area contributed by atoms with Crippen LogP contribution in [0.1, 0.15) is 53.4 Å². The molecule has 1 saturated carbocycles. The van der Waals surface area contributed by atoms with Gasteiger partial charge in [-0.25, -0.2) is 0 Å². The van der Waals surface area contributed by atoms with E-state index in [-0.39, 0.29) is 0 Å². The average Bonchev–Trinajstić information content (AvgIpc) is 2.03. The highest BCUT2D eigenvalue weighted by molar-refractivity contribution is 4.79. The van der Waals surface area contributed by atoms with Crippen LogP contribution in [0, 0.1) is 23.7 Å². The highest BCUT2D eigenvalue weighted by atomic mass is 14.3. The van der Waals surface area contributed by atoms with Crippen LogP contribution >= 0.6 is 0 Å². The fourth-order valence-electron chi connectivity index (χ4n) is 2.87. The van der Waals surface area contributed by atoms with E-state index in [4.69, 9.17) is 0 Å². The SMILES string of the molecule is CC[C@H]1C[C@@H](C)CC[C@@H]1C(C)C. The largest absolute Gasteiger partial charge is 0.0651 e. The van der Waals surface area contributed by atoms with E-state index in [2.05, 4.69) is 27.7 Å². The first kappa shape index (κ1) is 10.1. The van der Waals surface area contributed by atoms with Gasteiger partial charge in [0.1, 0.15) is 0 Å². The molecule has 0 bridgehead atoms. The Kier molecular flexibility index (Phi) is 3.61. The van der Waals surface area contributed by atoms with Crippen LogP contribution in [0.25, 0.3) is 0 Å². The number of rotatable bonds is 2. The molecule has 12 heavy (non-hydrogen) atoms. The molecular weight excluding hydrogens is 144 g/mol. The molecule has 3 atom stereocenters. The van der Waals surface area contributed by atoms with Crippen molar-refractivity contribution < 1.29 is 0 Å². The van der Waals surface area contributed by atoms with Gasteiger partial charge in [0.25, 0.3) is 0 Å². The summed E-state index contributed by atoms with van der Waals surface area (Å²) in [6, 6.07) is 0. The quantitative estimate of drug-likeness (QED) is 0.582. The first-order valence-electron chi connectivity index (χ1n) is 5.65. The Labute approximate surface area is 77.7 Å². The van der Waals surface area contributed by atoms with E-state index < -0.39 is 0 Å².